The molecule has 3 atom stereocenters. The summed E-state index contributed by atoms with van der Waals surface area (Å²) >= 11 is 3.36. The minimum Gasteiger partial charge on any atom is -0.458 e. The van der Waals surface area contributed by atoms with Crippen molar-refractivity contribution < 1.29 is 14.3 Å². The van der Waals surface area contributed by atoms with Crippen molar-refractivity contribution in [1.29, 1.82) is 0 Å². The lowest BCUT2D eigenvalue weighted by Crippen LogP contribution is -2.38. The van der Waals surface area contributed by atoms with E-state index in [2.05, 4.69) is 22.9 Å². The van der Waals surface area contributed by atoms with E-state index in [1.165, 1.54) is 0 Å². The molecular formula is C18H21BrO3. The number of halogens is 1. The average Bonchev–Trinajstić information content (AvgIpc) is 2.62. The van der Waals surface area contributed by atoms with Crippen LogP contribution in [-0.4, -0.2) is 17.9 Å². The van der Waals surface area contributed by atoms with E-state index in [0.717, 1.165) is 36.6 Å². The first-order valence-corrected chi connectivity index (χ1v) is 8.75. The van der Waals surface area contributed by atoms with Gasteiger partial charge in [0.05, 0.1) is 11.5 Å². The molecule has 118 valence electrons. The van der Waals surface area contributed by atoms with Crippen molar-refractivity contribution in [2.24, 2.45) is 11.3 Å². The quantitative estimate of drug-likeness (QED) is 0.723. The van der Waals surface area contributed by atoms with Crippen LogP contribution < -0.4 is 0 Å². The number of carbonyl (C=O) groups is 2. The van der Waals surface area contributed by atoms with Crippen LogP contribution in [0.3, 0.4) is 0 Å². The molecule has 0 amide bonds. The Kier molecular flexibility index (Phi) is 4.40. The average molecular weight is 365 g/mol. The van der Waals surface area contributed by atoms with Gasteiger partial charge in [0.25, 0.3) is 0 Å². The van der Waals surface area contributed by atoms with Crippen LogP contribution in [0.1, 0.15) is 55.8 Å². The molecule has 3 rings (SSSR count). The van der Waals surface area contributed by atoms with E-state index in [1.807, 2.05) is 12.1 Å². The van der Waals surface area contributed by atoms with Gasteiger partial charge in [-0.25, -0.2) is 4.79 Å². The van der Waals surface area contributed by atoms with E-state index in [-0.39, 0.29) is 29.2 Å². The largest absolute Gasteiger partial charge is 0.458 e. The van der Waals surface area contributed by atoms with E-state index in [4.69, 9.17) is 4.74 Å². The Hall–Kier alpha value is -1.16. The summed E-state index contributed by atoms with van der Waals surface area (Å²) in [6, 6.07) is 7.14. The minimum absolute atomic E-state index is 0.111. The van der Waals surface area contributed by atoms with E-state index >= 15 is 0 Å². The summed E-state index contributed by atoms with van der Waals surface area (Å²) in [7, 11) is 0. The van der Waals surface area contributed by atoms with Crippen molar-refractivity contribution in [3.05, 3.63) is 34.3 Å². The van der Waals surface area contributed by atoms with Crippen molar-refractivity contribution in [1.82, 2.24) is 0 Å². The van der Waals surface area contributed by atoms with Crippen molar-refractivity contribution in [3.63, 3.8) is 0 Å². The summed E-state index contributed by atoms with van der Waals surface area (Å²) in [4.78, 5) is 24.6. The van der Waals surface area contributed by atoms with Crippen LogP contribution in [0.25, 0.3) is 0 Å². The molecule has 0 saturated heterocycles. The summed E-state index contributed by atoms with van der Waals surface area (Å²) in [6.07, 6.45) is 5.18. The van der Waals surface area contributed by atoms with Gasteiger partial charge >= 0.3 is 5.97 Å². The van der Waals surface area contributed by atoms with Crippen LogP contribution in [0.15, 0.2) is 28.7 Å². The third kappa shape index (κ3) is 3.27. The van der Waals surface area contributed by atoms with Crippen LogP contribution in [0.2, 0.25) is 0 Å². The molecule has 1 aromatic carbocycles. The molecular weight excluding hydrogens is 344 g/mol. The lowest BCUT2D eigenvalue weighted by Gasteiger charge is -2.36. The second kappa shape index (κ2) is 6.15. The van der Waals surface area contributed by atoms with Gasteiger partial charge in [0.15, 0.2) is 0 Å². The number of ketones is 1. The van der Waals surface area contributed by atoms with Gasteiger partial charge in [-0.2, -0.15) is 0 Å². The zero-order valence-corrected chi connectivity index (χ0v) is 14.4. The molecule has 0 aliphatic heterocycles. The fourth-order valence-electron chi connectivity index (χ4n) is 3.79. The third-order valence-corrected chi connectivity index (χ3v) is 5.69. The number of rotatable bonds is 2. The molecule has 2 bridgehead atoms. The molecule has 4 heteroatoms. The molecule has 3 nitrogen and oxygen atoms in total. The summed E-state index contributed by atoms with van der Waals surface area (Å²) in [5, 5.41) is 0. The number of esters is 1. The van der Waals surface area contributed by atoms with Crippen LogP contribution in [0.5, 0.6) is 0 Å². The number of hydrogen-bond donors (Lipinski definition) is 0. The highest BCUT2D eigenvalue weighted by molar-refractivity contribution is 9.10. The molecule has 22 heavy (non-hydrogen) atoms. The first-order chi connectivity index (χ1) is 10.5. The van der Waals surface area contributed by atoms with Crippen molar-refractivity contribution in [2.45, 2.75) is 51.6 Å². The molecule has 1 aromatic rings. The van der Waals surface area contributed by atoms with Gasteiger partial charge in [0.1, 0.15) is 11.9 Å². The Bertz CT molecular complexity index is 580. The van der Waals surface area contributed by atoms with E-state index < -0.39 is 0 Å². The van der Waals surface area contributed by atoms with Gasteiger partial charge in [-0.1, -0.05) is 22.9 Å². The van der Waals surface area contributed by atoms with Crippen molar-refractivity contribution in [3.8, 4) is 0 Å². The minimum atomic E-state index is -0.320. The Morgan fingerprint density at radius 2 is 2.00 bits per heavy atom. The number of hydrogen-bond acceptors (Lipinski definition) is 3. The topological polar surface area (TPSA) is 43.4 Å². The van der Waals surface area contributed by atoms with Crippen LogP contribution >= 0.6 is 15.9 Å². The van der Waals surface area contributed by atoms with Gasteiger partial charge in [-0.05, 0) is 61.8 Å². The van der Waals surface area contributed by atoms with Crippen LogP contribution in [-0.2, 0) is 9.53 Å². The maximum absolute atomic E-state index is 12.3. The predicted octanol–water partition coefficient (Wildman–Crippen LogP) is 4.53. The monoisotopic (exact) mass is 364 g/mol. The van der Waals surface area contributed by atoms with Gasteiger partial charge in [-0.3, -0.25) is 4.79 Å². The van der Waals surface area contributed by atoms with Crippen LogP contribution in [0.4, 0.5) is 0 Å². The van der Waals surface area contributed by atoms with Crippen LogP contribution in [0, 0.1) is 11.3 Å². The summed E-state index contributed by atoms with van der Waals surface area (Å²) in [5.74, 6) is -0.159. The first kappa shape index (κ1) is 15.7. The molecule has 2 aliphatic carbocycles. The lowest BCUT2D eigenvalue weighted by atomic mass is 9.69. The highest BCUT2D eigenvalue weighted by atomic mass is 79.9. The van der Waals surface area contributed by atoms with E-state index in [0.29, 0.717) is 12.0 Å². The standard InChI is InChI=1S/C18H21BrO3/c1-18-9-2-3-16(14(11-18)15(20)8-10-18)22-17(21)12-4-6-13(19)7-5-12/h4-7,14,16H,2-3,8-11H2,1H3. The zero-order valence-electron chi connectivity index (χ0n) is 12.8. The van der Waals surface area contributed by atoms with Crippen molar-refractivity contribution >= 4 is 27.7 Å². The summed E-state index contributed by atoms with van der Waals surface area (Å²) in [5.41, 5.74) is 0.788. The third-order valence-electron chi connectivity index (χ3n) is 5.16. The molecule has 0 N–H and O–H groups in total. The number of ether oxygens (including phenoxy) is 1. The molecule has 2 saturated carbocycles. The Labute approximate surface area is 139 Å². The zero-order chi connectivity index (χ0) is 15.7. The molecule has 0 heterocycles. The van der Waals surface area contributed by atoms with Gasteiger partial charge < -0.3 is 4.74 Å². The summed E-state index contributed by atoms with van der Waals surface area (Å²) in [6.45, 7) is 2.27. The molecule has 0 radical (unpaired) electrons. The van der Waals surface area contributed by atoms with E-state index in [9.17, 15) is 9.59 Å². The first-order valence-electron chi connectivity index (χ1n) is 7.96. The molecule has 2 aliphatic rings. The number of Topliss-reactive ketones (excluding diaryl/α,β-unsaturated/α-hetero) is 1. The summed E-state index contributed by atoms with van der Waals surface area (Å²) < 4.78 is 6.65. The fourth-order valence-corrected chi connectivity index (χ4v) is 4.05. The number of carbonyl (C=O) groups excluding carboxylic acids is 2. The van der Waals surface area contributed by atoms with Crippen molar-refractivity contribution in [2.75, 3.05) is 0 Å². The second-order valence-corrected chi connectivity index (χ2v) is 7.85. The Morgan fingerprint density at radius 1 is 1.27 bits per heavy atom. The normalized spacial score (nSPS) is 31.5. The lowest BCUT2D eigenvalue weighted by molar-refractivity contribution is -0.131. The molecule has 2 fully saturated rings. The number of benzene rings is 1. The smallest absolute Gasteiger partial charge is 0.338 e. The predicted molar refractivity (Wildman–Crippen MR) is 87.7 cm³/mol. The van der Waals surface area contributed by atoms with Gasteiger partial charge in [0.2, 0.25) is 0 Å². The maximum Gasteiger partial charge on any atom is 0.338 e. The highest BCUT2D eigenvalue weighted by Crippen LogP contribution is 2.46. The SMILES string of the molecule is CC12CCCC(OC(=O)c3ccc(Br)cc3)C(C1)C(=O)CC2. The Balaban J connectivity index is 1.74. The maximum atomic E-state index is 12.3. The highest BCUT2D eigenvalue weighted by Gasteiger charge is 2.44. The van der Waals surface area contributed by atoms with Gasteiger partial charge in [-0.15, -0.1) is 0 Å². The Morgan fingerprint density at radius 3 is 2.73 bits per heavy atom. The fraction of sp³-hybridized carbons (Fsp3) is 0.556. The van der Waals surface area contributed by atoms with Gasteiger partial charge in [0, 0.05) is 10.9 Å². The second-order valence-electron chi connectivity index (χ2n) is 6.93. The number of fused-ring (bicyclic) bond motifs is 2. The van der Waals surface area contributed by atoms with E-state index in [1.54, 1.807) is 12.1 Å². The molecule has 0 aromatic heterocycles. The molecule has 3 unspecified atom stereocenters. The molecule has 0 spiro atoms.